The largest absolute Gasteiger partial charge is 0.468 e. The Morgan fingerprint density at radius 1 is 1.03 bits per heavy atom. The highest BCUT2D eigenvalue weighted by Gasteiger charge is 2.52. The van der Waals surface area contributed by atoms with E-state index in [0.717, 1.165) is 50.9 Å². The van der Waals surface area contributed by atoms with Crippen molar-refractivity contribution in [2.75, 3.05) is 12.4 Å². The molecule has 0 radical (unpaired) electrons. The molecular weight excluding hydrogens is 460 g/mol. The average Bonchev–Trinajstić information content (AvgIpc) is 3.62. The number of aryl methyl sites for hydroxylation is 1. The summed E-state index contributed by atoms with van der Waals surface area (Å²) in [6.45, 7) is 3.71. The number of anilines is 1. The lowest BCUT2D eigenvalue weighted by molar-refractivity contribution is -0.143. The van der Waals surface area contributed by atoms with Gasteiger partial charge in [0.1, 0.15) is 6.10 Å². The molecule has 1 aromatic heterocycles. The predicted molar refractivity (Wildman–Crippen MR) is 138 cm³/mol. The molecule has 7 heteroatoms. The molecule has 3 aromatic carbocycles. The van der Waals surface area contributed by atoms with Crippen LogP contribution in [0, 0.1) is 6.92 Å². The summed E-state index contributed by atoms with van der Waals surface area (Å²) < 4.78 is 15.1. The van der Waals surface area contributed by atoms with Crippen molar-refractivity contribution in [1.82, 2.24) is 4.37 Å². The maximum absolute atomic E-state index is 12.7. The third kappa shape index (κ3) is 4.39. The van der Waals surface area contributed by atoms with Crippen molar-refractivity contribution in [3.63, 3.8) is 0 Å². The minimum absolute atomic E-state index is 0.169. The molecule has 35 heavy (non-hydrogen) atoms. The lowest BCUT2D eigenvalue weighted by Crippen LogP contribution is -2.21. The molecule has 1 heterocycles. The molecule has 1 saturated carbocycles. The number of amides is 1. The second-order valence-electron chi connectivity index (χ2n) is 8.91. The van der Waals surface area contributed by atoms with Crippen molar-refractivity contribution in [3.05, 3.63) is 83.6 Å². The summed E-state index contributed by atoms with van der Waals surface area (Å²) >= 11 is 1.34. The molecule has 0 bridgehead atoms. The number of methoxy groups -OCH3 is 1. The molecule has 5 rings (SSSR count). The Hall–Kier alpha value is -3.71. The summed E-state index contributed by atoms with van der Waals surface area (Å²) in [6.07, 6.45) is 0.740. The molecule has 1 atom stereocenters. The topological polar surface area (TPSA) is 77.5 Å². The van der Waals surface area contributed by atoms with Crippen LogP contribution in [0.1, 0.15) is 42.7 Å². The SMILES string of the molecule is COC(=O)C1(c2ccc3cc(-c4snc(C)c4NC(=O)O[C@H](C)c4ccccc4)ccc3c2)CC1. The van der Waals surface area contributed by atoms with E-state index in [-0.39, 0.29) is 12.1 Å². The number of benzene rings is 3. The van der Waals surface area contributed by atoms with E-state index in [1.54, 1.807) is 0 Å². The minimum Gasteiger partial charge on any atom is -0.468 e. The Kier molecular flexibility index (Phi) is 6.03. The predicted octanol–water partition coefficient (Wildman–Crippen LogP) is 6.79. The Morgan fingerprint density at radius 2 is 1.74 bits per heavy atom. The number of fused-ring (bicyclic) bond motifs is 1. The fourth-order valence-corrected chi connectivity index (χ4v) is 5.26. The number of aromatic nitrogens is 1. The molecule has 1 amide bonds. The molecule has 178 valence electrons. The Morgan fingerprint density at radius 3 is 2.46 bits per heavy atom. The molecule has 0 saturated heterocycles. The number of hydrogen-bond donors (Lipinski definition) is 1. The summed E-state index contributed by atoms with van der Waals surface area (Å²) in [6, 6.07) is 21.9. The normalized spacial score (nSPS) is 14.8. The zero-order valence-corrected chi connectivity index (χ0v) is 20.6. The third-order valence-corrected chi connectivity index (χ3v) is 7.61. The number of rotatable bonds is 6. The van der Waals surface area contributed by atoms with E-state index < -0.39 is 11.5 Å². The second-order valence-corrected chi connectivity index (χ2v) is 9.68. The number of ether oxygens (including phenoxy) is 2. The van der Waals surface area contributed by atoms with E-state index in [4.69, 9.17) is 9.47 Å². The minimum atomic E-state index is -0.520. The smallest absolute Gasteiger partial charge is 0.412 e. The maximum Gasteiger partial charge on any atom is 0.412 e. The van der Waals surface area contributed by atoms with Crippen molar-refractivity contribution >= 4 is 40.1 Å². The number of nitrogens with zero attached hydrogens (tertiary/aromatic N) is 1. The molecule has 6 nitrogen and oxygen atoms in total. The van der Waals surface area contributed by atoms with E-state index in [9.17, 15) is 9.59 Å². The van der Waals surface area contributed by atoms with Gasteiger partial charge in [0.05, 0.1) is 28.8 Å². The Bertz CT molecular complexity index is 1410. The van der Waals surface area contributed by atoms with E-state index >= 15 is 0 Å². The summed E-state index contributed by atoms with van der Waals surface area (Å²) in [5.74, 6) is -0.169. The zero-order valence-electron chi connectivity index (χ0n) is 19.8. The standard InChI is InChI=1S/C28H26N2O4S/c1-17-24(29-27(32)34-18(2)19-7-5-4-6-8-19)25(35-30-17)22-10-9-21-16-23(12-11-20(21)15-22)28(13-14-28)26(31)33-3/h4-12,15-16,18H,13-14H2,1-3H3,(H,29,32)/t18-/m1/s1. The van der Waals surface area contributed by atoms with Crippen molar-refractivity contribution in [2.24, 2.45) is 0 Å². The zero-order chi connectivity index (χ0) is 24.6. The molecule has 1 aliphatic carbocycles. The van der Waals surface area contributed by atoms with Crippen LogP contribution in [0.3, 0.4) is 0 Å². The second kappa shape index (κ2) is 9.15. The highest BCUT2D eigenvalue weighted by molar-refractivity contribution is 7.10. The van der Waals surface area contributed by atoms with Gasteiger partial charge >= 0.3 is 12.1 Å². The van der Waals surface area contributed by atoms with Gasteiger partial charge in [0.15, 0.2) is 0 Å². The molecule has 1 N–H and O–H groups in total. The van der Waals surface area contributed by atoms with Crippen LogP contribution in [0.5, 0.6) is 0 Å². The van der Waals surface area contributed by atoms with E-state index in [1.807, 2.05) is 68.4 Å². The Labute approximate surface area is 208 Å². The van der Waals surface area contributed by atoms with Crippen LogP contribution >= 0.6 is 11.5 Å². The van der Waals surface area contributed by atoms with Crippen LogP contribution < -0.4 is 5.32 Å². The number of nitrogens with one attached hydrogen (secondary N) is 1. The summed E-state index contributed by atoms with van der Waals surface area (Å²) in [4.78, 5) is 25.8. The number of hydrogen-bond acceptors (Lipinski definition) is 6. The number of carbonyl (C=O) groups is 2. The first-order valence-corrected chi connectivity index (χ1v) is 12.3. The van der Waals surface area contributed by atoms with Gasteiger partial charge in [-0.2, -0.15) is 4.37 Å². The van der Waals surface area contributed by atoms with Gasteiger partial charge in [-0.1, -0.05) is 60.7 Å². The van der Waals surface area contributed by atoms with Gasteiger partial charge in [-0.15, -0.1) is 0 Å². The van der Waals surface area contributed by atoms with Gasteiger partial charge < -0.3 is 9.47 Å². The fraction of sp³-hybridized carbons (Fsp3) is 0.250. The summed E-state index contributed by atoms with van der Waals surface area (Å²) in [5, 5.41) is 4.99. The van der Waals surface area contributed by atoms with Crippen molar-refractivity contribution in [3.8, 4) is 10.4 Å². The number of carbonyl (C=O) groups excluding carboxylic acids is 2. The highest BCUT2D eigenvalue weighted by atomic mass is 32.1. The van der Waals surface area contributed by atoms with Gasteiger partial charge in [0, 0.05) is 0 Å². The van der Waals surface area contributed by atoms with E-state index in [1.165, 1.54) is 18.6 Å². The van der Waals surface area contributed by atoms with E-state index in [0.29, 0.717) is 5.69 Å². The summed E-state index contributed by atoms with van der Waals surface area (Å²) in [7, 11) is 1.44. The summed E-state index contributed by atoms with van der Waals surface area (Å²) in [5.41, 5.74) is 3.77. The van der Waals surface area contributed by atoms with Crippen LogP contribution in [0.4, 0.5) is 10.5 Å². The molecular formula is C28H26N2O4S. The van der Waals surface area contributed by atoms with Gasteiger partial charge in [-0.3, -0.25) is 10.1 Å². The van der Waals surface area contributed by atoms with Crippen LogP contribution in [-0.4, -0.2) is 23.5 Å². The van der Waals surface area contributed by atoms with Crippen LogP contribution in [0.15, 0.2) is 66.7 Å². The van der Waals surface area contributed by atoms with Gasteiger partial charge in [0.2, 0.25) is 0 Å². The maximum atomic E-state index is 12.7. The molecule has 0 aliphatic heterocycles. The fourth-order valence-electron chi connectivity index (χ4n) is 4.41. The molecule has 4 aromatic rings. The van der Waals surface area contributed by atoms with Gasteiger partial charge in [-0.05, 0) is 71.8 Å². The van der Waals surface area contributed by atoms with Gasteiger partial charge in [-0.25, -0.2) is 4.79 Å². The lowest BCUT2D eigenvalue weighted by atomic mass is 9.93. The molecule has 1 aliphatic rings. The first kappa shape index (κ1) is 23.1. The van der Waals surface area contributed by atoms with Crippen LogP contribution in [0.2, 0.25) is 0 Å². The lowest BCUT2D eigenvalue weighted by Gasteiger charge is -2.15. The Balaban J connectivity index is 1.38. The highest BCUT2D eigenvalue weighted by Crippen LogP contribution is 2.49. The molecule has 0 spiro atoms. The van der Waals surface area contributed by atoms with Crippen molar-refractivity contribution < 1.29 is 19.1 Å². The quantitative estimate of drug-likeness (QED) is 0.304. The van der Waals surface area contributed by atoms with Crippen molar-refractivity contribution in [1.29, 1.82) is 0 Å². The van der Waals surface area contributed by atoms with Crippen LogP contribution in [-0.2, 0) is 19.7 Å². The average molecular weight is 487 g/mol. The third-order valence-electron chi connectivity index (χ3n) is 6.62. The van der Waals surface area contributed by atoms with Gasteiger partial charge in [0.25, 0.3) is 0 Å². The van der Waals surface area contributed by atoms with E-state index in [2.05, 4.69) is 21.8 Å². The first-order valence-electron chi connectivity index (χ1n) is 11.5. The molecule has 0 unspecified atom stereocenters. The number of esters is 1. The van der Waals surface area contributed by atoms with Crippen LogP contribution in [0.25, 0.3) is 21.2 Å². The molecule has 1 fully saturated rings. The van der Waals surface area contributed by atoms with Crippen molar-refractivity contribution in [2.45, 2.75) is 38.2 Å². The monoisotopic (exact) mass is 486 g/mol. The first-order chi connectivity index (χ1) is 16.9.